The van der Waals surface area contributed by atoms with Crippen molar-refractivity contribution in [2.24, 2.45) is 0 Å². The topological polar surface area (TPSA) is 60.5 Å². The smallest absolute Gasteiger partial charge is 0.327 e. The third-order valence-corrected chi connectivity index (χ3v) is 4.74. The van der Waals surface area contributed by atoms with E-state index in [1.165, 1.54) is 14.2 Å². The maximum atomic E-state index is 11.9. The standard InChI is InChI=1S/C15H14Cl2N2O3.ClH/c1-6-10-7-4-9(21-2)11(16)12(17)13(7)18-5-8(10)14(19-6)15(20)22-3;/h4-6,14,19H,1-3H3;1H/t6-,14?;/m0./s1. The average Bonchev–Trinajstić information content (AvgIpc) is 2.87. The molecule has 0 fully saturated rings. The van der Waals surface area contributed by atoms with E-state index in [1.807, 2.05) is 6.92 Å². The van der Waals surface area contributed by atoms with Gasteiger partial charge in [0, 0.05) is 23.2 Å². The first kappa shape index (κ1) is 18.1. The predicted molar refractivity (Wildman–Crippen MR) is 91.9 cm³/mol. The Morgan fingerprint density at radius 1 is 1.30 bits per heavy atom. The van der Waals surface area contributed by atoms with Gasteiger partial charge in [0.25, 0.3) is 0 Å². The number of nitrogens with zero attached hydrogens (tertiary/aromatic N) is 1. The Labute approximate surface area is 149 Å². The summed E-state index contributed by atoms with van der Waals surface area (Å²) in [5.41, 5.74) is 2.33. The molecule has 1 aliphatic rings. The second-order valence-corrected chi connectivity index (χ2v) is 5.83. The van der Waals surface area contributed by atoms with Gasteiger partial charge in [-0.25, -0.2) is 4.79 Å². The third-order valence-electron chi connectivity index (χ3n) is 3.90. The van der Waals surface area contributed by atoms with E-state index in [1.54, 1.807) is 12.3 Å². The summed E-state index contributed by atoms with van der Waals surface area (Å²) < 4.78 is 10.1. The highest BCUT2D eigenvalue weighted by molar-refractivity contribution is 6.46. The van der Waals surface area contributed by atoms with Gasteiger partial charge in [-0.2, -0.15) is 0 Å². The maximum absolute atomic E-state index is 11.9. The van der Waals surface area contributed by atoms with Crippen LogP contribution in [0, 0.1) is 0 Å². The highest BCUT2D eigenvalue weighted by Crippen LogP contribution is 2.44. The maximum Gasteiger partial charge on any atom is 0.327 e. The van der Waals surface area contributed by atoms with Crippen molar-refractivity contribution in [1.29, 1.82) is 0 Å². The molecule has 1 aliphatic heterocycles. The number of pyridine rings is 1. The van der Waals surface area contributed by atoms with Gasteiger partial charge in [-0.05, 0) is 18.6 Å². The Hall–Kier alpha value is -1.27. The number of rotatable bonds is 2. The van der Waals surface area contributed by atoms with Crippen molar-refractivity contribution in [3.05, 3.63) is 33.4 Å². The van der Waals surface area contributed by atoms with Crippen LogP contribution in [0.15, 0.2) is 12.3 Å². The number of ether oxygens (including phenoxy) is 2. The summed E-state index contributed by atoms with van der Waals surface area (Å²) in [6.45, 7) is 1.97. The summed E-state index contributed by atoms with van der Waals surface area (Å²) in [7, 11) is 2.89. The predicted octanol–water partition coefficient (Wildman–Crippen LogP) is 3.85. The van der Waals surface area contributed by atoms with Crippen LogP contribution in [0.25, 0.3) is 10.9 Å². The van der Waals surface area contributed by atoms with E-state index in [0.29, 0.717) is 21.3 Å². The Bertz CT molecular complexity index is 782. The highest BCUT2D eigenvalue weighted by Gasteiger charge is 2.35. The lowest BCUT2D eigenvalue weighted by Gasteiger charge is -2.13. The molecule has 8 heteroatoms. The lowest BCUT2D eigenvalue weighted by molar-refractivity contribution is -0.143. The van der Waals surface area contributed by atoms with Crippen LogP contribution in [0.3, 0.4) is 0 Å². The normalized spacial score (nSPS) is 19.2. The minimum atomic E-state index is -0.535. The van der Waals surface area contributed by atoms with Gasteiger partial charge in [0.2, 0.25) is 0 Å². The van der Waals surface area contributed by atoms with Crippen molar-refractivity contribution in [1.82, 2.24) is 10.3 Å². The van der Waals surface area contributed by atoms with Crippen molar-refractivity contribution < 1.29 is 14.3 Å². The molecule has 2 heterocycles. The fourth-order valence-corrected chi connectivity index (χ4v) is 3.35. The van der Waals surface area contributed by atoms with Gasteiger partial charge in [0.15, 0.2) is 0 Å². The zero-order valence-corrected chi connectivity index (χ0v) is 15.0. The van der Waals surface area contributed by atoms with Crippen LogP contribution in [0.4, 0.5) is 0 Å². The lowest BCUT2D eigenvalue weighted by atomic mass is 9.99. The van der Waals surface area contributed by atoms with Gasteiger partial charge in [-0.3, -0.25) is 10.3 Å². The lowest BCUT2D eigenvalue weighted by Crippen LogP contribution is -2.24. The van der Waals surface area contributed by atoms with Gasteiger partial charge >= 0.3 is 5.97 Å². The molecule has 0 radical (unpaired) electrons. The molecule has 1 aromatic carbocycles. The summed E-state index contributed by atoms with van der Waals surface area (Å²) >= 11 is 12.5. The van der Waals surface area contributed by atoms with Gasteiger partial charge in [0.1, 0.15) is 16.8 Å². The summed E-state index contributed by atoms with van der Waals surface area (Å²) in [4.78, 5) is 16.3. The van der Waals surface area contributed by atoms with Crippen LogP contribution in [0.2, 0.25) is 10.0 Å². The van der Waals surface area contributed by atoms with E-state index in [4.69, 9.17) is 32.7 Å². The van der Waals surface area contributed by atoms with Gasteiger partial charge in [-0.15, -0.1) is 12.4 Å². The molecular weight excluding hydrogens is 363 g/mol. The molecule has 0 saturated heterocycles. The second kappa shape index (κ2) is 6.69. The summed E-state index contributed by atoms with van der Waals surface area (Å²) in [5.74, 6) is 0.127. The zero-order chi connectivity index (χ0) is 16.0. The Morgan fingerprint density at radius 3 is 2.61 bits per heavy atom. The number of aromatic nitrogens is 1. The van der Waals surface area contributed by atoms with E-state index in [-0.39, 0.29) is 24.4 Å². The molecule has 124 valence electrons. The molecule has 0 saturated carbocycles. The van der Waals surface area contributed by atoms with Crippen LogP contribution in [-0.2, 0) is 9.53 Å². The third kappa shape index (κ3) is 2.72. The Balaban J connectivity index is 0.00000192. The first-order valence-electron chi connectivity index (χ1n) is 6.68. The van der Waals surface area contributed by atoms with E-state index >= 15 is 0 Å². The number of benzene rings is 1. The number of nitrogens with one attached hydrogen (secondary N) is 1. The van der Waals surface area contributed by atoms with Crippen LogP contribution >= 0.6 is 35.6 Å². The molecule has 3 rings (SSSR count). The van der Waals surface area contributed by atoms with Crippen molar-refractivity contribution >= 4 is 52.5 Å². The zero-order valence-electron chi connectivity index (χ0n) is 12.6. The largest absolute Gasteiger partial charge is 0.495 e. The van der Waals surface area contributed by atoms with E-state index in [0.717, 1.165) is 16.5 Å². The minimum absolute atomic E-state index is 0. The average molecular weight is 378 g/mol. The molecule has 0 spiro atoms. The molecular formula is C15H15Cl3N2O3. The van der Waals surface area contributed by atoms with Crippen molar-refractivity contribution in [2.75, 3.05) is 14.2 Å². The van der Waals surface area contributed by atoms with Crippen LogP contribution in [0.1, 0.15) is 30.1 Å². The van der Waals surface area contributed by atoms with Crippen molar-refractivity contribution in [3.63, 3.8) is 0 Å². The first-order chi connectivity index (χ1) is 10.5. The Kier molecular flexibility index (Phi) is 5.26. The van der Waals surface area contributed by atoms with Crippen LogP contribution in [-0.4, -0.2) is 25.2 Å². The number of esters is 1. The second-order valence-electron chi connectivity index (χ2n) is 5.07. The van der Waals surface area contributed by atoms with Crippen LogP contribution < -0.4 is 10.1 Å². The number of carbonyl (C=O) groups is 1. The number of halogens is 3. The van der Waals surface area contributed by atoms with Gasteiger partial charge in [-0.1, -0.05) is 23.2 Å². The highest BCUT2D eigenvalue weighted by atomic mass is 35.5. The van der Waals surface area contributed by atoms with Crippen LogP contribution in [0.5, 0.6) is 5.75 Å². The molecule has 1 N–H and O–H groups in total. The van der Waals surface area contributed by atoms with Gasteiger partial charge in [0.05, 0.1) is 24.8 Å². The molecule has 23 heavy (non-hydrogen) atoms. The molecule has 0 bridgehead atoms. The van der Waals surface area contributed by atoms with Crippen molar-refractivity contribution in [3.8, 4) is 5.75 Å². The summed E-state index contributed by atoms with van der Waals surface area (Å²) in [6, 6.07) is 1.21. The SMILES string of the molecule is COC(=O)C1N[C@@H](C)c2c1cnc1c(Cl)c(Cl)c(OC)cc21.Cl. The molecule has 1 aromatic heterocycles. The number of hydrogen-bond acceptors (Lipinski definition) is 5. The molecule has 1 unspecified atom stereocenters. The monoisotopic (exact) mass is 376 g/mol. The summed E-state index contributed by atoms with van der Waals surface area (Å²) in [5, 5.41) is 4.68. The fourth-order valence-electron chi connectivity index (χ4n) is 2.88. The number of carbonyl (C=O) groups excluding carboxylic acids is 1. The van der Waals surface area contributed by atoms with Gasteiger partial charge < -0.3 is 9.47 Å². The molecule has 0 amide bonds. The Morgan fingerprint density at radius 2 is 2.00 bits per heavy atom. The minimum Gasteiger partial charge on any atom is -0.495 e. The van der Waals surface area contributed by atoms with Crippen molar-refractivity contribution in [2.45, 2.75) is 19.0 Å². The molecule has 5 nitrogen and oxygen atoms in total. The fraction of sp³-hybridized carbons (Fsp3) is 0.333. The summed E-state index contributed by atoms with van der Waals surface area (Å²) in [6.07, 6.45) is 1.64. The number of fused-ring (bicyclic) bond motifs is 3. The number of hydrogen-bond donors (Lipinski definition) is 1. The van der Waals surface area contributed by atoms with E-state index < -0.39 is 6.04 Å². The molecule has 2 atom stereocenters. The van der Waals surface area contributed by atoms with E-state index in [2.05, 4.69) is 10.3 Å². The first-order valence-corrected chi connectivity index (χ1v) is 7.43. The van der Waals surface area contributed by atoms with E-state index in [9.17, 15) is 4.79 Å². The molecule has 0 aliphatic carbocycles. The quantitative estimate of drug-likeness (QED) is 0.806. The number of methoxy groups -OCH3 is 2. The molecule has 2 aromatic rings.